The predicted octanol–water partition coefficient (Wildman–Crippen LogP) is 13.4. The molecule has 2 aromatic heterocycles. The molecule has 1 aliphatic rings. The molecule has 0 bridgehead atoms. The molecule has 54 heavy (non-hydrogen) atoms. The van der Waals surface area contributed by atoms with Gasteiger partial charge < -0.3 is 4.42 Å². The number of benzene rings is 8. The molecule has 0 fully saturated rings. The van der Waals surface area contributed by atoms with Gasteiger partial charge in [0.2, 0.25) is 0 Å². The standard InChI is InChI=1S/C51H32N2O/c1-3-12-32(13-4-1)33-22-24-34(25-23-33)45-31-46(53-51(52-45)35-14-5-2-6-15-35)41-20-11-21-47-50(41)42-27-26-38(30-48(42)54-47)49-40-19-10-9-18-39(40)43-28-36-16-7-8-17-37(36)29-44(43)49/h1-31,49H. The second-order valence-corrected chi connectivity index (χ2v) is 14.1. The summed E-state index contributed by atoms with van der Waals surface area (Å²) in [5.74, 6) is 0.803. The van der Waals surface area contributed by atoms with Crippen LogP contribution in [0, 0.1) is 0 Å². The van der Waals surface area contributed by atoms with Gasteiger partial charge >= 0.3 is 0 Å². The minimum Gasteiger partial charge on any atom is -0.456 e. The van der Waals surface area contributed by atoms with Gasteiger partial charge in [-0.1, -0.05) is 158 Å². The Morgan fingerprint density at radius 1 is 0.389 bits per heavy atom. The average molecular weight is 689 g/mol. The van der Waals surface area contributed by atoms with Gasteiger partial charge in [0, 0.05) is 33.4 Å². The first-order chi connectivity index (χ1) is 26.7. The van der Waals surface area contributed by atoms with E-state index in [1.54, 1.807) is 0 Å². The zero-order chi connectivity index (χ0) is 35.6. The lowest BCUT2D eigenvalue weighted by atomic mass is 9.88. The van der Waals surface area contributed by atoms with E-state index in [0.29, 0.717) is 5.82 Å². The van der Waals surface area contributed by atoms with Crippen molar-refractivity contribution in [1.29, 1.82) is 0 Å². The Kier molecular flexibility index (Phi) is 6.93. The van der Waals surface area contributed by atoms with E-state index in [1.165, 1.54) is 49.7 Å². The average Bonchev–Trinajstić information content (AvgIpc) is 3.78. The molecule has 0 aliphatic heterocycles. The van der Waals surface area contributed by atoms with Gasteiger partial charge in [-0.2, -0.15) is 0 Å². The van der Waals surface area contributed by atoms with E-state index in [-0.39, 0.29) is 5.92 Å². The summed E-state index contributed by atoms with van der Waals surface area (Å²) in [4.78, 5) is 10.3. The maximum Gasteiger partial charge on any atom is 0.160 e. The number of hydrogen-bond donors (Lipinski definition) is 0. The molecule has 2 heterocycles. The monoisotopic (exact) mass is 688 g/mol. The summed E-state index contributed by atoms with van der Waals surface area (Å²) in [5, 5.41) is 4.65. The van der Waals surface area contributed by atoms with Crippen molar-refractivity contribution < 1.29 is 4.42 Å². The van der Waals surface area contributed by atoms with Crippen LogP contribution in [0.25, 0.3) is 88.9 Å². The first-order valence-corrected chi connectivity index (χ1v) is 18.4. The van der Waals surface area contributed by atoms with E-state index < -0.39 is 0 Å². The molecule has 3 heteroatoms. The van der Waals surface area contributed by atoms with E-state index in [9.17, 15) is 0 Å². The van der Waals surface area contributed by atoms with Gasteiger partial charge in [-0.05, 0) is 80.0 Å². The number of hydrogen-bond acceptors (Lipinski definition) is 3. The van der Waals surface area contributed by atoms with Gasteiger partial charge in [-0.25, -0.2) is 9.97 Å². The number of aromatic nitrogens is 2. The molecule has 0 amide bonds. The third-order valence-corrected chi connectivity index (χ3v) is 11.0. The van der Waals surface area contributed by atoms with Crippen molar-refractivity contribution in [2.45, 2.75) is 5.92 Å². The van der Waals surface area contributed by atoms with Gasteiger partial charge in [0.1, 0.15) is 11.2 Å². The molecule has 252 valence electrons. The fourth-order valence-electron chi connectivity index (χ4n) is 8.40. The van der Waals surface area contributed by atoms with Crippen LogP contribution in [0.15, 0.2) is 192 Å². The highest BCUT2D eigenvalue weighted by atomic mass is 16.3. The van der Waals surface area contributed by atoms with Crippen molar-refractivity contribution in [3.05, 3.63) is 205 Å². The van der Waals surface area contributed by atoms with Crippen LogP contribution in [-0.4, -0.2) is 9.97 Å². The topological polar surface area (TPSA) is 38.9 Å². The summed E-state index contributed by atoms with van der Waals surface area (Å²) < 4.78 is 6.70. The van der Waals surface area contributed by atoms with Crippen LogP contribution in [-0.2, 0) is 0 Å². The number of rotatable bonds is 5. The summed E-state index contributed by atoms with van der Waals surface area (Å²) in [6.45, 7) is 0. The van der Waals surface area contributed by atoms with Crippen molar-refractivity contribution in [3.63, 3.8) is 0 Å². The molecule has 3 nitrogen and oxygen atoms in total. The van der Waals surface area contributed by atoms with E-state index >= 15 is 0 Å². The molecule has 0 N–H and O–H groups in total. The molecule has 8 aromatic carbocycles. The van der Waals surface area contributed by atoms with Crippen LogP contribution in [0.4, 0.5) is 0 Å². The molecule has 11 rings (SSSR count). The van der Waals surface area contributed by atoms with E-state index in [1.807, 2.05) is 24.3 Å². The maximum atomic E-state index is 6.70. The Hall–Kier alpha value is -7.10. The van der Waals surface area contributed by atoms with Gasteiger partial charge in [-0.15, -0.1) is 0 Å². The first kappa shape index (κ1) is 30.5. The second-order valence-electron chi connectivity index (χ2n) is 14.1. The van der Waals surface area contributed by atoms with Crippen molar-refractivity contribution in [2.24, 2.45) is 0 Å². The Labute approximate surface area is 312 Å². The minimum atomic E-state index is 0.115. The molecule has 1 atom stereocenters. The molecule has 0 spiro atoms. The Morgan fingerprint density at radius 2 is 1.04 bits per heavy atom. The highest BCUT2D eigenvalue weighted by Crippen LogP contribution is 2.50. The Balaban J connectivity index is 1.05. The SMILES string of the molecule is c1ccc(-c2ccc(-c3cc(-c4cccc5oc6cc(C7c8ccccc8-c8cc9ccccc9cc87)ccc6c45)nc(-c4ccccc4)n3)cc2)cc1. The lowest BCUT2D eigenvalue weighted by Crippen LogP contribution is -1.99. The summed E-state index contributed by atoms with van der Waals surface area (Å²) in [6, 6.07) is 66.7. The summed E-state index contributed by atoms with van der Waals surface area (Å²) in [7, 11) is 0. The Morgan fingerprint density at radius 3 is 1.85 bits per heavy atom. The summed E-state index contributed by atoms with van der Waals surface area (Å²) >= 11 is 0. The fraction of sp³-hybridized carbons (Fsp3) is 0.0196. The third-order valence-electron chi connectivity index (χ3n) is 11.0. The quantitative estimate of drug-likeness (QED) is 0.181. The van der Waals surface area contributed by atoms with Crippen molar-refractivity contribution in [1.82, 2.24) is 9.97 Å². The lowest BCUT2D eigenvalue weighted by Gasteiger charge is -2.15. The summed E-state index contributed by atoms with van der Waals surface area (Å²) in [6.07, 6.45) is 0. The van der Waals surface area contributed by atoms with E-state index in [2.05, 4.69) is 164 Å². The minimum absolute atomic E-state index is 0.115. The highest BCUT2D eigenvalue weighted by molar-refractivity contribution is 6.12. The fourth-order valence-corrected chi connectivity index (χ4v) is 8.40. The predicted molar refractivity (Wildman–Crippen MR) is 221 cm³/mol. The molecule has 1 aliphatic carbocycles. The van der Waals surface area contributed by atoms with Gasteiger partial charge in [0.05, 0.1) is 11.4 Å². The molecular formula is C51H32N2O. The summed E-state index contributed by atoms with van der Waals surface area (Å²) in [5.41, 5.74) is 15.3. The van der Waals surface area contributed by atoms with Crippen LogP contribution in [0.5, 0.6) is 0 Å². The number of furan rings is 1. The van der Waals surface area contributed by atoms with Crippen molar-refractivity contribution >= 4 is 32.7 Å². The van der Waals surface area contributed by atoms with E-state index in [0.717, 1.165) is 50.0 Å². The van der Waals surface area contributed by atoms with Crippen LogP contribution < -0.4 is 0 Å². The largest absolute Gasteiger partial charge is 0.456 e. The highest BCUT2D eigenvalue weighted by Gasteiger charge is 2.31. The maximum absolute atomic E-state index is 6.70. The smallest absolute Gasteiger partial charge is 0.160 e. The molecule has 10 aromatic rings. The lowest BCUT2D eigenvalue weighted by molar-refractivity contribution is 0.668. The van der Waals surface area contributed by atoms with Gasteiger partial charge in [-0.3, -0.25) is 0 Å². The number of fused-ring (bicyclic) bond motifs is 7. The number of nitrogens with zero attached hydrogens (tertiary/aromatic N) is 2. The third kappa shape index (κ3) is 4.97. The molecule has 0 radical (unpaired) electrons. The normalized spacial score (nSPS) is 13.4. The van der Waals surface area contributed by atoms with Crippen molar-refractivity contribution in [2.75, 3.05) is 0 Å². The van der Waals surface area contributed by atoms with E-state index in [4.69, 9.17) is 14.4 Å². The molecule has 1 unspecified atom stereocenters. The van der Waals surface area contributed by atoms with Crippen LogP contribution in [0.3, 0.4) is 0 Å². The second kappa shape index (κ2) is 12.3. The van der Waals surface area contributed by atoms with Crippen LogP contribution >= 0.6 is 0 Å². The molecular weight excluding hydrogens is 657 g/mol. The molecule has 0 saturated heterocycles. The molecule has 0 saturated carbocycles. The first-order valence-electron chi connectivity index (χ1n) is 18.4. The van der Waals surface area contributed by atoms with Crippen LogP contribution in [0.2, 0.25) is 0 Å². The zero-order valence-corrected chi connectivity index (χ0v) is 29.3. The van der Waals surface area contributed by atoms with Gasteiger partial charge in [0.25, 0.3) is 0 Å². The Bertz CT molecular complexity index is 3040. The van der Waals surface area contributed by atoms with Gasteiger partial charge in [0.15, 0.2) is 5.82 Å². The van der Waals surface area contributed by atoms with Crippen LogP contribution in [0.1, 0.15) is 22.6 Å². The van der Waals surface area contributed by atoms with Crippen molar-refractivity contribution in [3.8, 4) is 56.2 Å². The zero-order valence-electron chi connectivity index (χ0n) is 29.3.